The van der Waals surface area contributed by atoms with Gasteiger partial charge in [0.25, 0.3) is 11.8 Å². The largest absolute Gasteiger partial charge is 2.00 e. The Morgan fingerprint density at radius 1 is 0.571 bits per heavy atom. The minimum Gasteiger partial charge on any atom is -0.872 e. The van der Waals surface area contributed by atoms with Crippen LogP contribution in [0, 0.1) is 0 Å². The summed E-state index contributed by atoms with van der Waals surface area (Å²) < 4.78 is 0. The minimum atomic E-state index is -1.18. The van der Waals surface area contributed by atoms with E-state index in [1.807, 2.05) is 27.7 Å². The number of para-hydroxylation sites is 2. The van der Waals surface area contributed by atoms with Gasteiger partial charge in [0.2, 0.25) is 0 Å². The van der Waals surface area contributed by atoms with Gasteiger partial charge in [0, 0.05) is 51.0 Å². The summed E-state index contributed by atoms with van der Waals surface area (Å²) in [7, 11) is 0. The first kappa shape index (κ1) is 48.0. The molecule has 0 aliphatic rings. The number of carbonyl (C=O) groups is 4. The molecule has 2 aromatic heterocycles. The predicted molar refractivity (Wildman–Crippen MR) is 178 cm³/mol. The SMILES string of the molecule is CCN(CC)C(=O)c1cccnc1.CCN(CC)C(=O)c1cccnc1.O=C(O)c1ccccc1[O-].O=C(O)c1ccccc1[O-].[Co+2].[OH3+].[OH3+]. The van der Waals surface area contributed by atoms with Crippen LogP contribution in [0.3, 0.4) is 0 Å². The number of aromatic nitrogens is 2. The molecule has 0 spiro atoms. The van der Waals surface area contributed by atoms with Crippen molar-refractivity contribution in [2.45, 2.75) is 27.7 Å². The molecule has 49 heavy (non-hydrogen) atoms. The molecule has 2 amide bonds. The van der Waals surface area contributed by atoms with E-state index in [1.54, 1.807) is 58.9 Å². The second-order valence-electron chi connectivity index (χ2n) is 9.04. The molecule has 0 aliphatic heterocycles. The number of rotatable bonds is 8. The van der Waals surface area contributed by atoms with Crippen molar-refractivity contribution < 1.29 is 67.3 Å². The van der Waals surface area contributed by atoms with Crippen LogP contribution in [0.2, 0.25) is 0 Å². The van der Waals surface area contributed by atoms with Crippen molar-refractivity contribution in [1.82, 2.24) is 19.8 Å². The number of hydrogen-bond donors (Lipinski definition) is 2. The number of carboxylic acid groups (broad SMARTS) is 2. The summed E-state index contributed by atoms with van der Waals surface area (Å²) in [5, 5.41) is 38.1. The number of nitrogens with zero attached hydrogens (tertiary/aromatic N) is 4. The van der Waals surface area contributed by atoms with Crippen molar-refractivity contribution >= 4 is 23.8 Å². The van der Waals surface area contributed by atoms with E-state index in [0.29, 0.717) is 11.1 Å². The van der Waals surface area contributed by atoms with Crippen LogP contribution in [0.25, 0.3) is 0 Å². The number of pyridine rings is 2. The van der Waals surface area contributed by atoms with Crippen molar-refractivity contribution in [2.24, 2.45) is 0 Å². The van der Waals surface area contributed by atoms with Gasteiger partial charge in [-0.3, -0.25) is 19.6 Å². The molecular formula is C34H44CoN4O10+2. The fraction of sp³-hybridized carbons (Fsp3) is 0.235. The molecule has 0 saturated carbocycles. The van der Waals surface area contributed by atoms with Crippen LogP contribution in [0.1, 0.15) is 69.1 Å². The maximum Gasteiger partial charge on any atom is 2.00 e. The van der Waals surface area contributed by atoms with Gasteiger partial charge < -0.3 is 41.2 Å². The van der Waals surface area contributed by atoms with Crippen LogP contribution >= 0.6 is 0 Å². The summed E-state index contributed by atoms with van der Waals surface area (Å²) in [5.74, 6) is -3.14. The smallest absolute Gasteiger partial charge is 0.872 e. The molecule has 0 atom stereocenters. The number of amides is 2. The van der Waals surface area contributed by atoms with Gasteiger partial charge in [0.1, 0.15) is 0 Å². The van der Waals surface area contributed by atoms with E-state index in [4.69, 9.17) is 10.2 Å². The van der Waals surface area contributed by atoms with Crippen molar-refractivity contribution in [3.8, 4) is 11.5 Å². The van der Waals surface area contributed by atoms with E-state index in [1.165, 1.54) is 48.5 Å². The first-order valence-electron chi connectivity index (χ1n) is 14.4. The normalized spacial score (nSPS) is 8.90. The van der Waals surface area contributed by atoms with Gasteiger partial charge in [-0.05, 0) is 64.1 Å². The van der Waals surface area contributed by atoms with Gasteiger partial charge in [0.05, 0.1) is 22.3 Å². The first-order chi connectivity index (χ1) is 22.0. The van der Waals surface area contributed by atoms with Gasteiger partial charge in [0.15, 0.2) is 0 Å². The predicted octanol–water partition coefficient (Wildman–Crippen LogP) is 2.20. The molecule has 0 unspecified atom stereocenters. The molecule has 0 saturated heterocycles. The molecule has 2 aromatic carbocycles. The van der Waals surface area contributed by atoms with Gasteiger partial charge in [-0.1, -0.05) is 47.9 Å². The number of aromatic carboxylic acids is 2. The molecule has 1 radical (unpaired) electrons. The van der Waals surface area contributed by atoms with Gasteiger partial charge >= 0.3 is 28.7 Å². The maximum absolute atomic E-state index is 11.7. The summed E-state index contributed by atoms with van der Waals surface area (Å²) >= 11 is 0. The molecular weight excluding hydrogens is 683 g/mol. The Bertz CT molecular complexity index is 1410. The molecule has 0 fully saturated rings. The second-order valence-corrected chi connectivity index (χ2v) is 9.04. The first-order valence-corrected chi connectivity index (χ1v) is 14.4. The summed E-state index contributed by atoms with van der Waals surface area (Å²) in [6, 6.07) is 18.2. The van der Waals surface area contributed by atoms with Crippen LogP contribution in [-0.4, -0.2) is 79.9 Å². The molecule has 4 rings (SSSR count). The molecule has 15 heteroatoms. The summed E-state index contributed by atoms with van der Waals surface area (Å²) in [6.07, 6.45) is 6.53. The Morgan fingerprint density at radius 2 is 0.878 bits per heavy atom. The Balaban J connectivity index is -0.000000568. The Hall–Kier alpha value is -5.35. The van der Waals surface area contributed by atoms with Gasteiger partial charge in [-0.25, -0.2) is 9.59 Å². The number of carboxylic acids is 2. The monoisotopic (exact) mass is 727 g/mol. The molecule has 2 heterocycles. The van der Waals surface area contributed by atoms with Crippen LogP contribution in [0.15, 0.2) is 97.6 Å². The van der Waals surface area contributed by atoms with Crippen LogP contribution in [-0.2, 0) is 27.7 Å². The fourth-order valence-corrected chi connectivity index (χ4v) is 3.65. The third kappa shape index (κ3) is 16.9. The molecule has 0 bridgehead atoms. The molecule has 0 aliphatic carbocycles. The Kier molecular flexibility index (Phi) is 26.2. The van der Waals surface area contributed by atoms with E-state index in [2.05, 4.69) is 9.97 Å². The summed E-state index contributed by atoms with van der Waals surface area (Å²) in [4.78, 5) is 55.2. The van der Waals surface area contributed by atoms with E-state index >= 15 is 0 Å². The number of hydrogen-bond acceptors (Lipinski definition) is 8. The molecule has 8 N–H and O–H groups in total. The number of carbonyl (C=O) groups excluding carboxylic acids is 2. The molecule has 4 aromatic rings. The van der Waals surface area contributed by atoms with Gasteiger partial charge in [-0.2, -0.15) is 0 Å². The molecule has 14 nitrogen and oxygen atoms in total. The van der Waals surface area contributed by atoms with E-state index in [0.717, 1.165) is 26.2 Å². The zero-order valence-electron chi connectivity index (χ0n) is 27.7. The Labute approximate surface area is 295 Å². The van der Waals surface area contributed by atoms with Gasteiger partial charge in [-0.15, -0.1) is 0 Å². The van der Waals surface area contributed by atoms with Crippen molar-refractivity contribution in [3.05, 3.63) is 120 Å². The third-order valence-electron chi connectivity index (χ3n) is 6.15. The van der Waals surface area contributed by atoms with Crippen molar-refractivity contribution in [3.63, 3.8) is 0 Å². The van der Waals surface area contributed by atoms with E-state index in [-0.39, 0.29) is 50.7 Å². The van der Waals surface area contributed by atoms with E-state index < -0.39 is 23.4 Å². The average molecular weight is 728 g/mol. The summed E-state index contributed by atoms with van der Waals surface area (Å²) in [6.45, 7) is 10.8. The Morgan fingerprint density at radius 3 is 1.08 bits per heavy atom. The van der Waals surface area contributed by atoms with Crippen molar-refractivity contribution in [1.29, 1.82) is 0 Å². The zero-order chi connectivity index (χ0) is 34.5. The zero-order valence-corrected chi connectivity index (χ0v) is 28.7. The average Bonchev–Trinajstić information content (AvgIpc) is 3.07. The topological polar surface area (TPSA) is 253 Å². The maximum atomic E-state index is 11.7. The van der Waals surface area contributed by atoms with Crippen LogP contribution in [0.4, 0.5) is 0 Å². The van der Waals surface area contributed by atoms with Crippen molar-refractivity contribution in [2.75, 3.05) is 26.2 Å². The minimum absolute atomic E-state index is 0. The second kappa shape index (κ2) is 26.7. The number of benzene rings is 2. The standard InChI is InChI=1S/2C10H14N2O.2C7H6O3.Co.2H2O/c2*1-3-12(4-2)10(13)9-6-5-7-11-8-9;2*8-6-4-2-1-3-5(6)7(9)10;;;/h2*5-8H,3-4H2,1-2H3;2*1-4,8H,(H,9,10);;2*1H2/q;;;;+2;;. The fourth-order valence-electron chi connectivity index (χ4n) is 3.65. The molecule has 267 valence electrons. The quantitative estimate of drug-likeness (QED) is 0.250. The van der Waals surface area contributed by atoms with Crippen LogP contribution in [0.5, 0.6) is 11.5 Å². The van der Waals surface area contributed by atoms with E-state index in [9.17, 15) is 29.4 Å². The van der Waals surface area contributed by atoms with Crippen LogP contribution < -0.4 is 10.2 Å². The third-order valence-corrected chi connectivity index (χ3v) is 6.15. The summed E-state index contributed by atoms with van der Waals surface area (Å²) in [5.41, 5.74) is 0.961.